The van der Waals surface area contributed by atoms with Crippen LogP contribution in [0.2, 0.25) is 0 Å². The van der Waals surface area contributed by atoms with E-state index in [1.54, 1.807) is 12.1 Å². The van der Waals surface area contributed by atoms with Gasteiger partial charge in [0.25, 0.3) is 0 Å². The van der Waals surface area contributed by atoms with Crippen molar-refractivity contribution in [2.45, 2.75) is 31.2 Å². The molecule has 0 atom stereocenters. The summed E-state index contributed by atoms with van der Waals surface area (Å²) in [7, 11) is -3.49. The molecule has 2 saturated heterocycles. The van der Waals surface area contributed by atoms with Crippen LogP contribution < -0.4 is 10.2 Å². The zero-order valence-electron chi connectivity index (χ0n) is 18.7. The van der Waals surface area contributed by atoms with Gasteiger partial charge in [-0.3, -0.25) is 9.69 Å². The zero-order chi connectivity index (χ0) is 22.6. The van der Waals surface area contributed by atoms with E-state index in [0.717, 1.165) is 24.2 Å². The summed E-state index contributed by atoms with van der Waals surface area (Å²) in [5.41, 5.74) is 3.37. The van der Waals surface area contributed by atoms with Crippen LogP contribution in [0.1, 0.15) is 24.0 Å². The molecule has 0 spiro atoms. The molecule has 0 aliphatic carbocycles. The minimum atomic E-state index is -3.49. The van der Waals surface area contributed by atoms with Crippen LogP contribution in [0.25, 0.3) is 0 Å². The molecule has 0 saturated carbocycles. The molecule has 7 nitrogen and oxygen atoms in total. The van der Waals surface area contributed by atoms with Crippen LogP contribution in [-0.4, -0.2) is 69.3 Å². The van der Waals surface area contributed by atoms with Crippen molar-refractivity contribution in [3.63, 3.8) is 0 Å². The molecule has 2 heterocycles. The van der Waals surface area contributed by atoms with Crippen molar-refractivity contribution in [3.05, 3.63) is 59.7 Å². The van der Waals surface area contributed by atoms with Gasteiger partial charge in [0.1, 0.15) is 0 Å². The standard InChI is InChI=1S/C24H32N4O3S/c1-20-8-10-22(11-9-20)32(30,31)28-16-14-26(15-17-28)19-24(29)25-18-21-6-2-3-7-23(21)27-12-4-5-13-27/h2-3,6-11H,4-5,12-19H2,1H3,(H,25,29). The van der Waals surface area contributed by atoms with Crippen LogP contribution in [-0.2, 0) is 21.4 Å². The monoisotopic (exact) mass is 456 g/mol. The second-order valence-electron chi connectivity index (χ2n) is 8.59. The van der Waals surface area contributed by atoms with Crippen LogP contribution in [0.5, 0.6) is 0 Å². The van der Waals surface area contributed by atoms with E-state index in [2.05, 4.69) is 22.3 Å². The fourth-order valence-electron chi connectivity index (χ4n) is 4.37. The van der Waals surface area contributed by atoms with Crippen molar-refractivity contribution in [2.24, 2.45) is 0 Å². The Labute approximate surface area is 191 Å². The normalized spacial score (nSPS) is 18.1. The highest BCUT2D eigenvalue weighted by Gasteiger charge is 2.29. The fourth-order valence-corrected chi connectivity index (χ4v) is 5.79. The first-order valence-corrected chi connectivity index (χ1v) is 12.8. The Morgan fingerprint density at radius 1 is 0.906 bits per heavy atom. The predicted octanol–water partition coefficient (Wildman–Crippen LogP) is 2.22. The van der Waals surface area contributed by atoms with E-state index in [-0.39, 0.29) is 12.5 Å². The Bertz CT molecular complexity index is 1030. The number of hydrogen-bond donors (Lipinski definition) is 1. The molecule has 1 N–H and O–H groups in total. The molecule has 2 aromatic rings. The van der Waals surface area contributed by atoms with Crippen molar-refractivity contribution >= 4 is 21.6 Å². The largest absolute Gasteiger partial charge is 0.371 e. The Kier molecular flexibility index (Phi) is 7.13. The summed E-state index contributed by atoms with van der Waals surface area (Å²) < 4.78 is 27.2. The molecule has 0 aromatic heterocycles. The van der Waals surface area contributed by atoms with E-state index in [1.807, 2.05) is 36.1 Å². The zero-order valence-corrected chi connectivity index (χ0v) is 19.5. The van der Waals surface area contributed by atoms with Gasteiger partial charge >= 0.3 is 0 Å². The van der Waals surface area contributed by atoms with Crippen molar-refractivity contribution < 1.29 is 13.2 Å². The van der Waals surface area contributed by atoms with Crippen LogP contribution >= 0.6 is 0 Å². The number of nitrogens with zero attached hydrogens (tertiary/aromatic N) is 3. The number of amides is 1. The van der Waals surface area contributed by atoms with E-state index in [4.69, 9.17) is 0 Å². The molecule has 2 aliphatic rings. The number of carbonyl (C=O) groups is 1. The number of anilines is 1. The molecule has 2 aromatic carbocycles. The molecular formula is C24H32N4O3S. The highest BCUT2D eigenvalue weighted by atomic mass is 32.2. The van der Waals surface area contributed by atoms with E-state index >= 15 is 0 Å². The van der Waals surface area contributed by atoms with Gasteiger partial charge in [0.15, 0.2) is 0 Å². The van der Waals surface area contributed by atoms with E-state index < -0.39 is 10.0 Å². The molecule has 0 unspecified atom stereocenters. The van der Waals surface area contributed by atoms with Gasteiger partial charge in [0, 0.05) is 51.5 Å². The highest BCUT2D eigenvalue weighted by molar-refractivity contribution is 7.89. The first-order chi connectivity index (χ1) is 15.4. The maximum atomic E-state index is 12.9. The lowest BCUT2D eigenvalue weighted by Gasteiger charge is -2.33. The average molecular weight is 457 g/mol. The lowest BCUT2D eigenvalue weighted by Crippen LogP contribution is -2.51. The summed E-state index contributed by atoms with van der Waals surface area (Å²) in [5.74, 6) is -0.0314. The van der Waals surface area contributed by atoms with Crippen LogP contribution in [0.4, 0.5) is 5.69 Å². The number of sulfonamides is 1. The fraction of sp³-hybridized carbons (Fsp3) is 0.458. The number of benzene rings is 2. The van der Waals surface area contributed by atoms with Crippen LogP contribution in [0.3, 0.4) is 0 Å². The summed E-state index contributed by atoms with van der Waals surface area (Å²) in [6.07, 6.45) is 2.43. The van der Waals surface area contributed by atoms with Crippen molar-refractivity contribution in [2.75, 3.05) is 50.7 Å². The molecular weight excluding hydrogens is 424 g/mol. The third-order valence-electron chi connectivity index (χ3n) is 6.27. The molecule has 172 valence electrons. The van der Waals surface area contributed by atoms with Gasteiger partial charge in [-0.2, -0.15) is 4.31 Å². The highest BCUT2D eigenvalue weighted by Crippen LogP contribution is 2.24. The Balaban J connectivity index is 1.27. The van der Waals surface area contributed by atoms with Gasteiger partial charge in [0.2, 0.25) is 15.9 Å². The van der Waals surface area contributed by atoms with Gasteiger partial charge in [-0.25, -0.2) is 8.42 Å². The smallest absolute Gasteiger partial charge is 0.243 e. The van der Waals surface area contributed by atoms with Gasteiger partial charge in [0.05, 0.1) is 11.4 Å². The molecule has 2 fully saturated rings. The minimum absolute atomic E-state index is 0.0314. The topological polar surface area (TPSA) is 73.0 Å². The number of piperazine rings is 1. The Morgan fingerprint density at radius 2 is 1.56 bits per heavy atom. The summed E-state index contributed by atoms with van der Waals surface area (Å²) in [6.45, 7) is 6.73. The summed E-state index contributed by atoms with van der Waals surface area (Å²) in [5, 5.41) is 3.04. The number of rotatable bonds is 7. The third kappa shape index (κ3) is 5.31. The summed E-state index contributed by atoms with van der Waals surface area (Å²) in [6, 6.07) is 15.2. The molecule has 2 aliphatic heterocycles. The number of hydrogen-bond acceptors (Lipinski definition) is 5. The SMILES string of the molecule is Cc1ccc(S(=O)(=O)N2CCN(CC(=O)NCc3ccccc3N3CCCC3)CC2)cc1. The molecule has 4 rings (SSSR count). The van der Waals surface area contributed by atoms with Gasteiger partial charge in [-0.1, -0.05) is 35.9 Å². The molecule has 1 amide bonds. The number of nitrogens with one attached hydrogen (secondary N) is 1. The maximum Gasteiger partial charge on any atom is 0.243 e. The van der Waals surface area contributed by atoms with Gasteiger partial charge < -0.3 is 10.2 Å². The molecule has 0 radical (unpaired) electrons. The van der Waals surface area contributed by atoms with Crippen molar-refractivity contribution in [3.8, 4) is 0 Å². The van der Waals surface area contributed by atoms with Gasteiger partial charge in [-0.05, 0) is 43.5 Å². The maximum absolute atomic E-state index is 12.9. The Morgan fingerprint density at radius 3 is 2.25 bits per heavy atom. The predicted molar refractivity (Wildman–Crippen MR) is 126 cm³/mol. The van der Waals surface area contributed by atoms with Crippen LogP contribution in [0.15, 0.2) is 53.4 Å². The number of para-hydroxylation sites is 1. The lowest BCUT2D eigenvalue weighted by molar-refractivity contribution is -0.122. The average Bonchev–Trinajstić information content (AvgIpc) is 3.33. The van der Waals surface area contributed by atoms with E-state index in [9.17, 15) is 13.2 Å². The molecule has 0 bridgehead atoms. The first-order valence-electron chi connectivity index (χ1n) is 11.3. The van der Waals surface area contributed by atoms with Crippen LogP contribution in [0, 0.1) is 6.92 Å². The minimum Gasteiger partial charge on any atom is -0.371 e. The second-order valence-corrected chi connectivity index (χ2v) is 10.5. The Hall–Kier alpha value is -2.42. The van der Waals surface area contributed by atoms with Crippen molar-refractivity contribution in [1.29, 1.82) is 0 Å². The third-order valence-corrected chi connectivity index (χ3v) is 8.18. The quantitative estimate of drug-likeness (QED) is 0.692. The molecule has 32 heavy (non-hydrogen) atoms. The summed E-state index contributed by atoms with van der Waals surface area (Å²) >= 11 is 0. The number of carbonyl (C=O) groups excluding carboxylic acids is 1. The molecule has 8 heteroatoms. The summed E-state index contributed by atoms with van der Waals surface area (Å²) in [4.78, 5) is 17.3. The first kappa shape index (κ1) is 22.8. The van der Waals surface area contributed by atoms with E-state index in [0.29, 0.717) is 37.6 Å². The van der Waals surface area contributed by atoms with Gasteiger partial charge in [-0.15, -0.1) is 0 Å². The lowest BCUT2D eigenvalue weighted by atomic mass is 10.1. The van der Waals surface area contributed by atoms with Crippen molar-refractivity contribution in [1.82, 2.24) is 14.5 Å². The second kappa shape index (κ2) is 10.0. The number of aryl methyl sites for hydroxylation is 1. The van der Waals surface area contributed by atoms with E-state index in [1.165, 1.54) is 22.8 Å².